The fraction of sp³-hybridized carbons (Fsp3) is 0.381. The van der Waals surface area contributed by atoms with Crippen LogP contribution in [0.3, 0.4) is 0 Å². The molecule has 3 rings (SSSR count). The SMILES string of the molecule is CS(=O)(=O)OC[C@](OC(=O)N1CCCC1)(c1ccc(F)cc1)c1cccc(C(F)(F)F)c1. The van der Waals surface area contributed by atoms with Gasteiger partial charge in [-0.1, -0.05) is 24.3 Å². The molecule has 0 N–H and O–H groups in total. The van der Waals surface area contributed by atoms with Crippen LogP contribution in [0.25, 0.3) is 0 Å². The second-order valence-corrected chi connectivity index (χ2v) is 9.08. The Morgan fingerprint density at radius 2 is 1.59 bits per heavy atom. The quantitative estimate of drug-likeness (QED) is 0.460. The van der Waals surface area contributed by atoms with E-state index in [1.165, 1.54) is 23.1 Å². The minimum Gasteiger partial charge on any atom is -0.430 e. The Balaban J connectivity index is 2.19. The molecule has 0 spiro atoms. The summed E-state index contributed by atoms with van der Waals surface area (Å²) in [4.78, 5) is 14.3. The van der Waals surface area contributed by atoms with E-state index >= 15 is 0 Å². The third-order valence-corrected chi connectivity index (χ3v) is 5.61. The van der Waals surface area contributed by atoms with E-state index in [-0.39, 0.29) is 11.1 Å². The van der Waals surface area contributed by atoms with E-state index in [1.807, 2.05) is 0 Å². The largest absolute Gasteiger partial charge is 0.430 e. The lowest BCUT2D eigenvalue weighted by atomic mass is 9.85. The van der Waals surface area contributed by atoms with Crippen molar-refractivity contribution in [2.24, 2.45) is 0 Å². The lowest BCUT2D eigenvalue weighted by Gasteiger charge is -2.35. The maximum Gasteiger partial charge on any atom is 0.416 e. The van der Waals surface area contributed by atoms with Crippen molar-refractivity contribution in [3.8, 4) is 0 Å². The molecule has 1 fully saturated rings. The zero-order valence-corrected chi connectivity index (χ0v) is 17.9. The van der Waals surface area contributed by atoms with Crippen LogP contribution in [0.4, 0.5) is 22.4 Å². The maximum absolute atomic E-state index is 13.6. The normalized spacial score (nSPS) is 16.6. The number of amides is 1. The number of hydrogen-bond donors (Lipinski definition) is 0. The number of hydrogen-bond acceptors (Lipinski definition) is 5. The Morgan fingerprint density at radius 1 is 1.00 bits per heavy atom. The number of rotatable bonds is 6. The van der Waals surface area contributed by atoms with Gasteiger partial charge in [-0.25, -0.2) is 9.18 Å². The fourth-order valence-electron chi connectivity index (χ4n) is 3.45. The summed E-state index contributed by atoms with van der Waals surface area (Å²) in [5, 5.41) is 0. The molecular formula is C21H21F4NO5S. The van der Waals surface area contributed by atoms with E-state index in [4.69, 9.17) is 8.92 Å². The first-order chi connectivity index (χ1) is 14.9. The van der Waals surface area contributed by atoms with Gasteiger partial charge in [-0.15, -0.1) is 0 Å². The Kier molecular flexibility index (Phi) is 6.80. The number of carbonyl (C=O) groups is 1. The minimum absolute atomic E-state index is 0.0504. The van der Waals surface area contributed by atoms with Gasteiger partial charge in [-0.05, 0) is 37.1 Å². The predicted octanol–water partition coefficient (Wildman–Crippen LogP) is 4.30. The molecule has 1 atom stereocenters. The van der Waals surface area contributed by atoms with Crippen molar-refractivity contribution >= 4 is 16.2 Å². The second kappa shape index (κ2) is 9.07. The number of nitrogens with zero attached hydrogens (tertiary/aromatic N) is 1. The van der Waals surface area contributed by atoms with Crippen LogP contribution >= 0.6 is 0 Å². The highest BCUT2D eigenvalue weighted by atomic mass is 32.2. The Labute approximate surface area is 182 Å². The molecule has 174 valence electrons. The van der Waals surface area contributed by atoms with Crippen molar-refractivity contribution in [3.05, 3.63) is 71.0 Å². The lowest BCUT2D eigenvalue weighted by molar-refractivity contribution is -0.137. The van der Waals surface area contributed by atoms with Gasteiger partial charge in [0.2, 0.25) is 0 Å². The monoisotopic (exact) mass is 475 g/mol. The van der Waals surface area contributed by atoms with Crippen molar-refractivity contribution in [1.82, 2.24) is 4.90 Å². The first-order valence-electron chi connectivity index (χ1n) is 9.67. The van der Waals surface area contributed by atoms with Crippen LogP contribution in [0.2, 0.25) is 0 Å². The molecule has 1 saturated heterocycles. The smallest absolute Gasteiger partial charge is 0.416 e. The van der Waals surface area contributed by atoms with Crippen molar-refractivity contribution in [1.29, 1.82) is 0 Å². The first kappa shape index (κ1) is 24.0. The number of alkyl halides is 3. The third-order valence-electron chi connectivity index (χ3n) is 5.07. The average Bonchev–Trinajstić information content (AvgIpc) is 3.26. The van der Waals surface area contributed by atoms with Gasteiger partial charge in [0.15, 0.2) is 5.60 Å². The number of halogens is 4. The van der Waals surface area contributed by atoms with E-state index in [9.17, 15) is 30.8 Å². The molecule has 1 aliphatic heterocycles. The molecule has 0 radical (unpaired) electrons. The van der Waals surface area contributed by atoms with Gasteiger partial charge >= 0.3 is 12.3 Å². The third kappa shape index (κ3) is 5.57. The van der Waals surface area contributed by atoms with Gasteiger partial charge in [-0.3, -0.25) is 4.18 Å². The highest BCUT2D eigenvalue weighted by molar-refractivity contribution is 7.85. The van der Waals surface area contributed by atoms with Crippen LogP contribution in [-0.2, 0) is 30.8 Å². The van der Waals surface area contributed by atoms with E-state index in [2.05, 4.69) is 0 Å². The van der Waals surface area contributed by atoms with Crippen molar-refractivity contribution in [2.45, 2.75) is 24.6 Å². The summed E-state index contributed by atoms with van der Waals surface area (Å²) in [5.74, 6) is -0.637. The van der Waals surface area contributed by atoms with Crippen LogP contribution in [0.1, 0.15) is 29.5 Å². The summed E-state index contributed by atoms with van der Waals surface area (Å²) < 4.78 is 87.9. The summed E-state index contributed by atoms with van der Waals surface area (Å²) in [6.45, 7) is -0.0694. The molecule has 2 aromatic rings. The predicted molar refractivity (Wildman–Crippen MR) is 107 cm³/mol. The van der Waals surface area contributed by atoms with Crippen LogP contribution < -0.4 is 0 Å². The van der Waals surface area contributed by atoms with Gasteiger partial charge in [0.05, 0.1) is 11.8 Å². The topological polar surface area (TPSA) is 72.9 Å². The van der Waals surface area contributed by atoms with Crippen molar-refractivity contribution in [3.63, 3.8) is 0 Å². The van der Waals surface area contributed by atoms with Gasteiger partial charge in [0.1, 0.15) is 12.4 Å². The summed E-state index contributed by atoms with van der Waals surface area (Å²) in [6.07, 6.45) is -3.34. The van der Waals surface area contributed by atoms with Crippen LogP contribution in [-0.4, -0.2) is 45.4 Å². The molecule has 6 nitrogen and oxygen atoms in total. The highest BCUT2D eigenvalue weighted by Gasteiger charge is 2.43. The summed E-state index contributed by atoms with van der Waals surface area (Å²) in [7, 11) is -4.08. The van der Waals surface area contributed by atoms with Crippen molar-refractivity contribution < 1.29 is 39.7 Å². The molecule has 32 heavy (non-hydrogen) atoms. The molecule has 0 unspecified atom stereocenters. The molecular weight excluding hydrogens is 454 g/mol. The van der Waals surface area contributed by atoms with E-state index in [0.717, 1.165) is 49.4 Å². The van der Waals surface area contributed by atoms with E-state index < -0.39 is 46.0 Å². The lowest BCUT2D eigenvalue weighted by Crippen LogP contribution is -2.43. The van der Waals surface area contributed by atoms with E-state index in [1.54, 1.807) is 0 Å². The Hall–Kier alpha value is -2.66. The zero-order chi connectivity index (χ0) is 23.6. The van der Waals surface area contributed by atoms with Crippen molar-refractivity contribution in [2.75, 3.05) is 26.0 Å². The van der Waals surface area contributed by atoms with E-state index in [0.29, 0.717) is 13.1 Å². The summed E-state index contributed by atoms with van der Waals surface area (Å²) >= 11 is 0. The van der Waals surface area contributed by atoms with Crippen LogP contribution in [0.15, 0.2) is 48.5 Å². The summed E-state index contributed by atoms with van der Waals surface area (Å²) in [5.41, 5.74) is -3.24. The molecule has 0 bridgehead atoms. The fourth-order valence-corrected chi connectivity index (χ4v) is 3.83. The second-order valence-electron chi connectivity index (χ2n) is 7.44. The first-order valence-corrected chi connectivity index (χ1v) is 11.5. The molecule has 1 aliphatic rings. The molecule has 1 amide bonds. The van der Waals surface area contributed by atoms with Gasteiger partial charge in [-0.2, -0.15) is 21.6 Å². The number of likely N-dealkylation sites (tertiary alicyclic amines) is 1. The maximum atomic E-state index is 13.6. The van der Waals surface area contributed by atoms with Gasteiger partial charge in [0.25, 0.3) is 10.1 Å². The molecule has 0 saturated carbocycles. The molecule has 0 aliphatic carbocycles. The Bertz CT molecular complexity index is 1070. The molecule has 1 heterocycles. The van der Waals surface area contributed by atoms with Crippen LogP contribution in [0.5, 0.6) is 0 Å². The number of benzene rings is 2. The van der Waals surface area contributed by atoms with Gasteiger partial charge < -0.3 is 9.64 Å². The molecule has 0 aromatic heterocycles. The Morgan fingerprint density at radius 3 is 2.16 bits per heavy atom. The zero-order valence-electron chi connectivity index (χ0n) is 17.1. The molecule has 2 aromatic carbocycles. The standard InChI is InChI=1S/C21H21F4NO5S/c1-32(28,29)30-14-20(15-7-9-18(22)10-8-15,31-19(27)26-11-2-3-12-26)16-5-4-6-17(13-16)21(23,24)25/h4-10,13H,2-3,11-12,14H2,1H3/t20-/m0/s1. The number of ether oxygens (including phenoxy) is 1. The minimum atomic E-state index is -4.71. The van der Waals surface area contributed by atoms with Crippen LogP contribution in [0, 0.1) is 5.82 Å². The van der Waals surface area contributed by atoms with Gasteiger partial charge in [0, 0.05) is 24.2 Å². The summed E-state index contributed by atoms with van der Waals surface area (Å²) in [6, 6.07) is 8.44. The number of carbonyl (C=O) groups excluding carboxylic acids is 1. The molecule has 11 heteroatoms. The average molecular weight is 475 g/mol. The highest BCUT2D eigenvalue weighted by Crippen LogP contribution is 2.39.